The van der Waals surface area contributed by atoms with E-state index in [-0.39, 0.29) is 11.1 Å². The van der Waals surface area contributed by atoms with Crippen LogP contribution in [0.4, 0.5) is 0 Å². The van der Waals surface area contributed by atoms with Gasteiger partial charge in [-0.3, -0.25) is 0 Å². The van der Waals surface area contributed by atoms with Gasteiger partial charge in [0.15, 0.2) is 0 Å². The molecule has 0 radical (unpaired) electrons. The van der Waals surface area contributed by atoms with Crippen molar-refractivity contribution in [2.75, 3.05) is 0 Å². The number of ether oxygens (including phenoxy) is 2. The Kier molecular flexibility index (Phi) is 8.04. The molecular weight excluding hydrogens is 576 g/mol. The van der Waals surface area contributed by atoms with E-state index >= 15 is 0 Å². The first-order chi connectivity index (χ1) is 10.4. The molecule has 0 fully saturated rings. The summed E-state index contributed by atoms with van der Waals surface area (Å²) in [5.74, 6) is -1.06. The molecule has 0 atom stereocenters. The van der Waals surface area contributed by atoms with Gasteiger partial charge < -0.3 is 9.47 Å². The van der Waals surface area contributed by atoms with Crippen LogP contribution in [-0.4, -0.2) is 29.6 Å². The lowest BCUT2D eigenvalue weighted by atomic mass is 9.92. The van der Waals surface area contributed by atoms with Crippen molar-refractivity contribution < 1.29 is 19.1 Å². The molecular formula is C16H22Br4O4. The minimum atomic E-state index is -1.07. The van der Waals surface area contributed by atoms with Crippen molar-refractivity contribution in [1.29, 1.82) is 0 Å². The number of carbonyl (C=O) groups is 2. The molecule has 8 heteroatoms. The molecule has 0 aliphatic heterocycles. The third-order valence-electron chi connectivity index (χ3n) is 3.30. The normalized spacial score (nSPS) is 13.2. The van der Waals surface area contributed by atoms with Crippen LogP contribution in [0.2, 0.25) is 0 Å². The molecule has 4 nitrogen and oxygen atoms in total. The van der Waals surface area contributed by atoms with E-state index in [1.165, 1.54) is 0 Å². The summed E-state index contributed by atoms with van der Waals surface area (Å²) < 4.78 is 8.96. The first kappa shape index (κ1) is 24.3. The second kappa shape index (κ2) is 7.92. The zero-order chi connectivity index (χ0) is 19.7. The van der Waals surface area contributed by atoms with Crippen LogP contribution in [0.1, 0.15) is 41.5 Å². The van der Waals surface area contributed by atoms with Crippen LogP contribution >= 0.6 is 63.7 Å². The maximum Gasteiger partial charge on any atom is 0.333 e. The minimum Gasteiger partial charge on any atom is -0.454 e. The predicted molar refractivity (Wildman–Crippen MR) is 111 cm³/mol. The van der Waals surface area contributed by atoms with Crippen molar-refractivity contribution in [2.45, 2.75) is 59.2 Å². The van der Waals surface area contributed by atoms with Crippen LogP contribution < -0.4 is 0 Å². The molecule has 0 unspecified atom stereocenters. The van der Waals surface area contributed by atoms with E-state index in [2.05, 4.69) is 76.9 Å². The molecule has 0 rings (SSSR count). The van der Waals surface area contributed by atoms with E-state index in [1.54, 1.807) is 41.5 Å². The number of hydrogen-bond acceptors (Lipinski definition) is 4. The molecule has 138 valence electrons. The summed E-state index contributed by atoms with van der Waals surface area (Å²) >= 11 is 14.3. The SMILES string of the molecule is C=C(C)C(=O)OC(C)(C)C(Br)(Br)C(Br)(Br)C(C)(C)OC(=O)C(=C)C. The van der Waals surface area contributed by atoms with Crippen LogP contribution in [0.5, 0.6) is 0 Å². The van der Waals surface area contributed by atoms with Crippen molar-refractivity contribution in [3.05, 3.63) is 24.3 Å². The molecule has 0 aromatic carbocycles. The zero-order valence-electron chi connectivity index (χ0n) is 14.6. The molecule has 0 spiro atoms. The topological polar surface area (TPSA) is 52.6 Å². The van der Waals surface area contributed by atoms with Crippen molar-refractivity contribution in [1.82, 2.24) is 0 Å². The summed E-state index contributed by atoms with van der Waals surface area (Å²) in [5.41, 5.74) is -1.57. The Hall–Kier alpha value is 0.340. The molecule has 0 amide bonds. The predicted octanol–water partition coefficient (Wildman–Crippen LogP) is 5.75. The van der Waals surface area contributed by atoms with Gasteiger partial charge in [-0.1, -0.05) is 76.9 Å². The lowest BCUT2D eigenvalue weighted by molar-refractivity contribution is -0.158. The summed E-state index contributed by atoms with van der Waals surface area (Å²) in [4.78, 5) is 23.9. The van der Waals surface area contributed by atoms with Crippen LogP contribution in [0.15, 0.2) is 24.3 Å². The first-order valence-electron chi connectivity index (χ1n) is 6.94. The van der Waals surface area contributed by atoms with Crippen molar-refractivity contribution >= 4 is 75.7 Å². The van der Waals surface area contributed by atoms with Crippen LogP contribution in [0, 0.1) is 0 Å². The molecule has 0 aliphatic rings. The zero-order valence-corrected chi connectivity index (χ0v) is 20.9. The van der Waals surface area contributed by atoms with Crippen molar-refractivity contribution in [3.8, 4) is 0 Å². The molecule has 0 heterocycles. The molecule has 0 saturated heterocycles. The van der Waals surface area contributed by atoms with Gasteiger partial charge in [0.25, 0.3) is 0 Å². The van der Waals surface area contributed by atoms with Crippen LogP contribution in [-0.2, 0) is 19.1 Å². The van der Waals surface area contributed by atoms with Gasteiger partial charge in [0.05, 0.1) is 0 Å². The highest BCUT2D eigenvalue weighted by Gasteiger charge is 2.64. The average Bonchev–Trinajstić information content (AvgIpc) is 2.36. The van der Waals surface area contributed by atoms with E-state index in [9.17, 15) is 9.59 Å². The third kappa shape index (κ3) is 4.95. The molecule has 24 heavy (non-hydrogen) atoms. The van der Waals surface area contributed by atoms with Crippen molar-refractivity contribution in [2.24, 2.45) is 0 Å². The molecule has 0 aliphatic carbocycles. The maximum absolute atomic E-state index is 12.0. The number of rotatable bonds is 7. The quantitative estimate of drug-likeness (QED) is 0.213. The standard InChI is InChI=1S/C16H22Br4O4/c1-9(2)11(21)23-13(5,6)15(17,18)16(19,20)14(7,8)24-12(22)10(3)4/h1,3H2,2,4-8H3. The maximum atomic E-state index is 12.0. The van der Waals surface area contributed by atoms with E-state index in [1.807, 2.05) is 0 Å². The smallest absolute Gasteiger partial charge is 0.333 e. The van der Waals surface area contributed by atoms with Gasteiger partial charge in [0, 0.05) is 11.1 Å². The molecule has 0 saturated carbocycles. The average molecular weight is 598 g/mol. The second-order valence-corrected chi connectivity index (χ2v) is 13.4. The summed E-state index contributed by atoms with van der Waals surface area (Å²) in [7, 11) is 0. The van der Waals surface area contributed by atoms with Gasteiger partial charge in [-0.2, -0.15) is 0 Å². The van der Waals surface area contributed by atoms with Crippen LogP contribution in [0.25, 0.3) is 0 Å². The van der Waals surface area contributed by atoms with Gasteiger partial charge in [-0.25, -0.2) is 9.59 Å². The summed E-state index contributed by atoms with van der Waals surface area (Å²) in [6, 6.07) is 0. The Balaban J connectivity index is 5.78. The highest BCUT2D eigenvalue weighted by molar-refractivity contribution is 9.30. The van der Waals surface area contributed by atoms with Gasteiger partial charge in [0.2, 0.25) is 0 Å². The Morgan fingerprint density at radius 3 is 1.08 bits per heavy atom. The van der Waals surface area contributed by atoms with Crippen LogP contribution in [0.3, 0.4) is 0 Å². The summed E-state index contributed by atoms with van der Waals surface area (Å²) in [5, 5.41) is 0. The van der Waals surface area contributed by atoms with E-state index in [0.29, 0.717) is 0 Å². The van der Waals surface area contributed by atoms with Gasteiger partial charge in [0.1, 0.15) is 17.7 Å². The van der Waals surface area contributed by atoms with Gasteiger partial charge in [-0.05, 0) is 41.5 Å². The highest BCUT2D eigenvalue weighted by Crippen LogP contribution is 2.60. The molecule has 0 bridgehead atoms. The lowest BCUT2D eigenvalue weighted by Crippen LogP contribution is -2.62. The summed E-state index contributed by atoms with van der Waals surface area (Å²) in [6.45, 7) is 17.2. The van der Waals surface area contributed by atoms with E-state index in [4.69, 9.17) is 9.47 Å². The van der Waals surface area contributed by atoms with E-state index in [0.717, 1.165) is 0 Å². The fourth-order valence-corrected chi connectivity index (χ4v) is 3.76. The molecule has 0 N–H and O–H groups in total. The fraction of sp³-hybridized carbons (Fsp3) is 0.625. The number of alkyl halides is 4. The minimum absolute atomic E-state index is 0.279. The van der Waals surface area contributed by atoms with Gasteiger partial charge in [-0.15, -0.1) is 0 Å². The monoisotopic (exact) mass is 594 g/mol. The number of carbonyl (C=O) groups excluding carboxylic acids is 2. The van der Waals surface area contributed by atoms with Crippen molar-refractivity contribution in [3.63, 3.8) is 0 Å². The number of hydrogen-bond donors (Lipinski definition) is 0. The number of esters is 2. The fourth-order valence-electron chi connectivity index (χ4n) is 1.52. The Morgan fingerprint density at radius 1 is 0.708 bits per heavy atom. The number of halogens is 4. The molecule has 0 aromatic rings. The highest BCUT2D eigenvalue weighted by atomic mass is 79.9. The molecule has 0 aromatic heterocycles. The third-order valence-corrected chi connectivity index (χ3v) is 11.6. The largest absolute Gasteiger partial charge is 0.454 e. The first-order valence-corrected chi connectivity index (χ1v) is 10.1. The Morgan fingerprint density at radius 2 is 0.917 bits per heavy atom. The van der Waals surface area contributed by atoms with E-state index < -0.39 is 29.6 Å². The lowest BCUT2D eigenvalue weighted by Gasteiger charge is -2.50. The van der Waals surface area contributed by atoms with Gasteiger partial charge >= 0.3 is 11.9 Å². The Labute approximate surface area is 177 Å². The Bertz CT molecular complexity index is 512. The summed E-state index contributed by atoms with van der Waals surface area (Å²) in [6.07, 6.45) is 0. The second-order valence-electron chi connectivity index (χ2n) is 6.51.